The molecule has 1 N–H and O–H groups in total. The molecule has 2 aromatic rings. The lowest BCUT2D eigenvalue weighted by molar-refractivity contribution is 0.108. The van der Waals surface area contributed by atoms with Crippen LogP contribution >= 0.6 is 11.8 Å². The summed E-state index contributed by atoms with van der Waals surface area (Å²) in [6.07, 6.45) is 0.565. The van der Waals surface area contributed by atoms with E-state index in [4.69, 9.17) is 10.00 Å². The highest BCUT2D eigenvalue weighted by Crippen LogP contribution is 2.29. The molecule has 2 heterocycles. The molecule has 112 valence electrons. The fourth-order valence-electron chi connectivity index (χ4n) is 2.47. The summed E-state index contributed by atoms with van der Waals surface area (Å²) in [4.78, 5) is 14.8. The van der Waals surface area contributed by atoms with Gasteiger partial charge in [-0.2, -0.15) is 5.26 Å². The van der Waals surface area contributed by atoms with Gasteiger partial charge in [0.2, 0.25) is 0 Å². The largest absolute Gasteiger partial charge is 0.376 e. The van der Waals surface area contributed by atoms with E-state index >= 15 is 0 Å². The third-order valence-corrected chi connectivity index (χ3v) is 4.64. The van der Waals surface area contributed by atoms with E-state index < -0.39 is 0 Å². The van der Waals surface area contributed by atoms with Crippen molar-refractivity contribution in [3.8, 4) is 6.07 Å². The zero-order valence-corrected chi connectivity index (χ0v) is 12.5. The molecule has 0 atom stereocenters. The number of benzene rings is 1. The topological polar surface area (TPSA) is 65.9 Å². The normalized spacial score (nSPS) is 13.5. The van der Waals surface area contributed by atoms with Crippen molar-refractivity contribution < 1.29 is 9.13 Å². The maximum atomic E-state index is 13.2. The van der Waals surface area contributed by atoms with Crippen molar-refractivity contribution in [1.29, 1.82) is 5.26 Å². The molecule has 1 aromatic heterocycles. The molecule has 0 fully saturated rings. The number of rotatable bonds is 3. The van der Waals surface area contributed by atoms with Crippen LogP contribution < -0.4 is 5.56 Å². The summed E-state index contributed by atoms with van der Waals surface area (Å²) in [7, 11) is 0. The number of fused-ring (bicyclic) bond motifs is 1. The highest BCUT2D eigenvalue weighted by molar-refractivity contribution is 7.98. The molecule has 0 unspecified atom stereocenters. The van der Waals surface area contributed by atoms with Crippen LogP contribution in [0.25, 0.3) is 0 Å². The maximum Gasteiger partial charge on any atom is 0.267 e. The number of halogens is 1. The molecule has 22 heavy (non-hydrogen) atoms. The second-order valence-corrected chi connectivity index (χ2v) is 5.93. The first-order chi connectivity index (χ1) is 10.7. The number of hydrogen-bond donors (Lipinski definition) is 1. The summed E-state index contributed by atoms with van der Waals surface area (Å²) >= 11 is 1.42. The van der Waals surface area contributed by atoms with Crippen LogP contribution in [0.5, 0.6) is 0 Å². The standard InChI is InChI=1S/C16H13FN2O2S/c17-11-3-1-2-10(6-11)9-22-16-14-8-21-5-4-12(14)13(7-18)15(20)19-16/h1-3,6H,4-5,8-9H2,(H,19,20). The number of nitrogens with one attached hydrogen (secondary N) is 1. The van der Waals surface area contributed by atoms with Crippen molar-refractivity contribution >= 4 is 11.8 Å². The molecule has 0 amide bonds. The van der Waals surface area contributed by atoms with E-state index in [0.717, 1.165) is 16.7 Å². The molecule has 0 saturated heterocycles. The Bertz CT molecular complexity index is 811. The molecule has 1 aliphatic rings. The van der Waals surface area contributed by atoms with Gasteiger partial charge in [-0.05, 0) is 29.7 Å². The highest BCUT2D eigenvalue weighted by atomic mass is 32.2. The predicted molar refractivity (Wildman–Crippen MR) is 81.1 cm³/mol. The van der Waals surface area contributed by atoms with Gasteiger partial charge >= 0.3 is 0 Å². The number of H-pyrrole nitrogens is 1. The van der Waals surface area contributed by atoms with E-state index in [1.807, 2.05) is 12.1 Å². The fraction of sp³-hybridized carbons (Fsp3) is 0.250. The molecular formula is C16H13FN2O2S. The van der Waals surface area contributed by atoms with Crippen molar-refractivity contribution in [2.45, 2.75) is 23.8 Å². The van der Waals surface area contributed by atoms with Gasteiger partial charge in [-0.3, -0.25) is 4.79 Å². The van der Waals surface area contributed by atoms with E-state index in [9.17, 15) is 9.18 Å². The minimum atomic E-state index is -0.370. The Hall–Kier alpha value is -2.10. The van der Waals surface area contributed by atoms with Crippen LogP contribution in [0.15, 0.2) is 34.1 Å². The first-order valence-corrected chi connectivity index (χ1v) is 7.80. The molecule has 0 bridgehead atoms. The average molecular weight is 316 g/mol. The van der Waals surface area contributed by atoms with Crippen LogP contribution in [0.3, 0.4) is 0 Å². The van der Waals surface area contributed by atoms with E-state index in [-0.39, 0.29) is 16.9 Å². The van der Waals surface area contributed by atoms with Crippen LogP contribution in [0.4, 0.5) is 4.39 Å². The van der Waals surface area contributed by atoms with Crippen LogP contribution in [0.1, 0.15) is 22.3 Å². The average Bonchev–Trinajstić information content (AvgIpc) is 2.53. The third-order valence-electron chi connectivity index (χ3n) is 3.52. The molecule has 4 nitrogen and oxygen atoms in total. The van der Waals surface area contributed by atoms with Crippen LogP contribution in [-0.4, -0.2) is 11.6 Å². The number of aromatic amines is 1. The quantitative estimate of drug-likeness (QED) is 0.884. The Kier molecular flexibility index (Phi) is 4.27. The lowest BCUT2D eigenvalue weighted by Crippen LogP contribution is -2.22. The Morgan fingerprint density at radius 2 is 2.27 bits per heavy atom. The van der Waals surface area contributed by atoms with Gasteiger partial charge in [0.15, 0.2) is 0 Å². The summed E-state index contributed by atoms with van der Waals surface area (Å²) in [5, 5.41) is 9.84. The number of aromatic nitrogens is 1. The molecule has 3 rings (SSSR count). The van der Waals surface area contributed by atoms with Crippen LogP contribution in [0, 0.1) is 17.1 Å². The zero-order chi connectivity index (χ0) is 15.5. The predicted octanol–water partition coefficient (Wildman–Crippen LogP) is 2.75. The minimum Gasteiger partial charge on any atom is -0.376 e. The maximum absolute atomic E-state index is 13.2. The van der Waals surface area contributed by atoms with Gasteiger partial charge in [0.05, 0.1) is 18.2 Å². The number of pyridine rings is 1. The van der Waals surface area contributed by atoms with Crippen molar-refractivity contribution in [2.24, 2.45) is 0 Å². The van der Waals surface area contributed by atoms with Gasteiger partial charge in [0.1, 0.15) is 17.4 Å². The van der Waals surface area contributed by atoms with Crippen molar-refractivity contribution in [1.82, 2.24) is 4.98 Å². The summed E-state index contributed by atoms with van der Waals surface area (Å²) < 4.78 is 18.6. The third kappa shape index (κ3) is 2.91. The number of thioether (sulfide) groups is 1. The van der Waals surface area contributed by atoms with Crippen LogP contribution in [0.2, 0.25) is 0 Å². The van der Waals surface area contributed by atoms with E-state index in [0.29, 0.717) is 30.4 Å². The Morgan fingerprint density at radius 1 is 1.41 bits per heavy atom. The second-order valence-electron chi connectivity index (χ2n) is 4.95. The summed E-state index contributed by atoms with van der Waals surface area (Å²) in [5.41, 5.74) is 2.28. The van der Waals surface area contributed by atoms with E-state index in [2.05, 4.69) is 4.98 Å². The van der Waals surface area contributed by atoms with Gasteiger partial charge in [0, 0.05) is 11.3 Å². The SMILES string of the molecule is N#Cc1c2c(c(SCc3cccc(F)c3)[nH]c1=O)COCC2. The van der Waals surface area contributed by atoms with Gasteiger partial charge < -0.3 is 9.72 Å². The molecule has 0 aliphatic carbocycles. The number of ether oxygens (including phenoxy) is 1. The first-order valence-electron chi connectivity index (χ1n) is 6.82. The zero-order valence-electron chi connectivity index (χ0n) is 11.7. The highest BCUT2D eigenvalue weighted by Gasteiger charge is 2.21. The number of nitriles is 1. The summed E-state index contributed by atoms with van der Waals surface area (Å²) in [5.74, 6) is 0.253. The van der Waals surface area contributed by atoms with Crippen molar-refractivity contribution in [3.63, 3.8) is 0 Å². The second kappa shape index (κ2) is 6.34. The van der Waals surface area contributed by atoms with Crippen molar-refractivity contribution in [3.05, 3.63) is 62.7 Å². The minimum absolute atomic E-state index is 0.174. The van der Waals surface area contributed by atoms with Gasteiger partial charge in [-0.25, -0.2) is 4.39 Å². The van der Waals surface area contributed by atoms with Gasteiger partial charge in [0.25, 0.3) is 5.56 Å². The lowest BCUT2D eigenvalue weighted by atomic mass is 10.0. The Morgan fingerprint density at radius 3 is 3.05 bits per heavy atom. The molecule has 6 heteroatoms. The Balaban J connectivity index is 1.93. The van der Waals surface area contributed by atoms with Gasteiger partial charge in [-0.1, -0.05) is 12.1 Å². The summed E-state index contributed by atoms with van der Waals surface area (Å²) in [6, 6.07) is 8.33. The first kappa shape index (κ1) is 14.8. The molecule has 1 aromatic carbocycles. The molecule has 0 radical (unpaired) electrons. The molecule has 0 saturated carbocycles. The van der Waals surface area contributed by atoms with Crippen LogP contribution in [-0.2, 0) is 23.5 Å². The van der Waals surface area contributed by atoms with Crippen molar-refractivity contribution in [2.75, 3.05) is 6.61 Å². The Labute approximate surface area is 130 Å². The monoisotopic (exact) mass is 316 g/mol. The van der Waals surface area contributed by atoms with E-state index in [1.54, 1.807) is 6.07 Å². The van der Waals surface area contributed by atoms with E-state index in [1.165, 1.54) is 23.9 Å². The summed E-state index contributed by atoms with van der Waals surface area (Å²) in [6.45, 7) is 0.894. The fourth-order valence-corrected chi connectivity index (χ4v) is 3.48. The number of nitrogens with zero attached hydrogens (tertiary/aromatic N) is 1. The lowest BCUT2D eigenvalue weighted by Gasteiger charge is -2.20. The molecule has 0 spiro atoms. The number of hydrogen-bond acceptors (Lipinski definition) is 4. The van der Waals surface area contributed by atoms with Gasteiger partial charge in [-0.15, -0.1) is 11.8 Å². The molecule has 1 aliphatic heterocycles. The molecular weight excluding hydrogens is 303 g/mol. The smallest absolute Gasteiger partial charge is 0.267 e.